The number of nitrogen functional groups attached to an aromatic ring is 1. The van der Waals surface area contributed by atoms with Crippen LogP contribution in [0.3, 0.4) is 0 Å². The van der Waals surface area contributed by atoms with Gasteiger partial charge in [-0.1, -0.05) is 23.7 Å². The van der Waals surface area contributed by atoms with Gasteiger partial charge in [-0.15, -0.1) is 0 Å². The minimum absolute atomic E-state index is 0.569. The van der Waals surface area contributed by atoms with Gasteiger partial charge in [-0.25, -0.2) is 0 Å². The molecule has 16 heavy (non-hydrogen) atoms. The predicted molar refractivity (Wildman–Crippen MR) is 70.2 cm³/mol. The summed E-state index contributed by atoms with van der Waals surface area (Å²) >= 11 is 7.19. The van der Waals surface area contributed by atoms with E-state index in [2.05, 4.69) is 9.69 Å². The molecule has 0 unspecified atom stereocenters. The Morgan fingerprint density at radius 2 is 2.06 bits per heavy atom. The Balaban J connectivity index is 1.82. The molecule has 0 fully saturated rings. The van der Waals surface area contributed by atoms with Gasteiger partial charge in [0.2, 0.25) is 0 Å². The molecule has 1 heterocycles. The second-order valence-corrected chi connectivity index (χ2v) is 4.66. The maximum absolute atomic E-state index is 5.81. The molecule has 0 saturated heterocycles. The standard InChI is InChI=1S/C11H12ClN3S/c12-9-3-1-8(2-4-9)5-6-14-11-7-10(13)15-16-11/h1-4,7,14H,5-6H2,(H2,13,15). The zero-order chi connectivity index (χ0) is 11.4. The van der Waals surface area contributed by atoms with E-state index in [1.54, 1.807) is 0 Å². The van der Waals surface area contributed by atoms with Crippen LogP contribution in [0.4, 0.5) is 10.8 Å². The van der Waals surface area contributed by atoms with E-state index in [1.165, 1.54) is 17.1 Å². The monoisotopic (exact) mass is 253 g/mol. The molecule has 84 valence electrons. The minimum atomic E-state index is 0.569. The molecule has 1 aromatic carbocycles. The van der Waals surface area contributed by atoms with E-state index >= 15 is 0 Å². The predicted octanol–water partition coefficient (Wildman–Crippen LogP) is 3.03. The maximum atomic E-state index is 5.81. The van der Waals surface area contributed by atoms with Crippen LogP contribution in [0.25, 0.3) is 0 Å². The van der Waals surface area contributed by atoms with E-state index in [0.717, 1.165) is 23.0 Å². The number of hydrogen-bond acceptors (Lipinski definition) is 4. The lowest BCUT2D eigenvalue weighted by atomic mass is 10.1. The topological polar surface area (TPSA) is 50.9 Å². The summed E-state index contributed by atoms with van der Waals surface area (Å²) in [5.41, 5.74) is 6.78. The van der Waals surface area contributed by atoms with Crippen LogP contribution in [-0.2, 0) is 6.42 Å². The lowest BCUT2D eigenvalue weighted by molar-refractivity contribution is 1.02. The van der Waals surface area contributed by atoms with Crippen molar-refractivity contribution in [2.45, 2.75) is 6.42 Å². The molecular weight excluding hydrogens is 242 g/mol. The van der Waals surface area contributed by atoms with Gasteiger partial charge in [-0.05, 0) is 35.6 Å². The van der Waals surface area contributed by atoms with Gasteiger partial charge in [-0.2, -0.15) is 4.37 Å². The van der Waals surface area contributed by atoms with Crippen molar-refractivity contribution in [3.05, 3.63) is 40.9 Å². The van der Waals surface area contributed by atoms with Gasteiger partial charge in [0.1, 0.15) is 10.8 Å². The maximum Gasteiger partial charge on any atom is 0.139 e. The summed E-state index contributed by atoms with van der Waals surface area (Å²) in [5, 5.41) is 5.05. The SMILES string of the molecule is Nc1cc(NCCc2ccc(Cl)cc2)sn1. The highest BCUT2D eigenvalue weighted by Crippen LogP contribution is 2.17. The fourth-order valence-corrected chi connectivity index (χ4v) is 2.08. The minimum Gasteiger partial charge on any atom is -0.383 e. The Morgan fingerprint density at radius 1 is 1.31 bits per heavy atom. The number of anilines is 2. The van der Waals surface area contributed by atoms with Crippen molar-refractivity contribution in [1.29, 1.82) is 0 Å². The lowest BCUT2D eigenvalue weighted by Crippen LogP contribution is -2.03. The van der Waals surface area contributed by atoms with E-state index in [-0.39, 0.29) is 0 Å². The number of nitrogens with one attached hydrogen (secondary N) is 1. The summed E-state index contributed by atoms with van der Waals surface area (Å²) in [7, 11) is 0. The van der Waals surface area contributed by atoms with Crippen LogP contribution in [-0.4, -0.2) is 10.9 Å². The van der Waals surface area contributed by atoms with Gasteiger partial charge >= 0.3 is 0 Å². The molecule has 0 atom stereocenters. The largest absolute Gasteiger partial charge is 0.383 e. The molecular formula is C11H12ClN3S. The third-order valence-corrected chi connectivity index (χ3v) is 3.17. The first-order chi connectivity index (χ1) is 7.74. The van der Waals surface area contributed by atoms with Crippen LogP contribution >= 0.6 is 23.1 Å². The summed E-state index contributed by atoms with van der Waals surface area (Å²) < 4.78 is 3.99. The number of nitrogens with zero attached hydrogens (tertiary/aromatic N) is 1. The molecule has 0 aliphatic rings. The Morgan fingerprint density at radius 3 is 2.69 bits per heavy atom. The van der Waals surface area contributed by atoms with Gasteiger partial charge in [0.15, 0.2) is 0 Å². The summed E-state index contributed by atoms with van der Waals surface area (Å²) in [5.74, 6) is 0.569. The first kappa shape index (κ1) is 11.2. The molecule has 0 bridgehead atoms. The first-order valence-corrected chi connectivity index (χ1v) is 6.10. The van der Waals surface area contributed by atoms with Crippen LogP contribution in [0.1, 0.15) is 5.56 Å². The molecule has 3 nitrogen and oxygen atoms in total. The number of rotatable bonds is 4. The molecule has 1 aromatic heterocycles. The lowest BCUT2D eigenvalue weighted by Gasteiger charge is -2.03. The van der Waals surface area contributed by atoms with E-state index in [0.29, 0.717) is 5.82 Å². The Labute approximate surface area is 103 Å². The van der Waals surface area contributed by atoms with E-state index in [9.17, 15) is 0 Å². The molecule has 0 aliphatic heterocycles. The Hall–Kier alpha value is -1.26. The molecule has 2 aromatic rings. The van der Waals surface area contributed by atoms with Crippen molar-refractivity contribution in [3.63, 3.8) is 0 Å². The molecule has 5 heteroatoms. The van der Waals surface area contributed by atoms with E-state index < -0.39 is 0 Å². The zero-order valence-corrected chi connectivity index (χ0v) is 10.2. The Kier molecular flexibility index (Phi) is 3.64. The molecule has 3 N–H and O–H groups in total. The van der Waals surface area contributed by atoms with Crippen LogP contribution in [0.2, 0.25) is 5.02 Å². The van der Waals surface area contributed by atoms with Crippen LogP contribution in [0.15, 0.2) is 30.3 Å². The molecule has 0 amide bonds. The molecule has 2 rings (SSSR count). The van der Waals surface area contributed by atoms with Crippen molar-refractivity contribution in [2.75, 3.05) is 17.6 Å². The van der Waals surface area contributed by atoms with Crippen molar-refractivity contribution >= 4 is 34.0 Å². The molecule has 0 spiro atoms. The summed E-state index contributed by atoms with van der Waals surface area (Å²) in [4.78, 5) is 0. The first-order valence-electron chi connectivity index (χ1n) is 4.94. The third kappa shape index (κ3) is 3.12. The molecule has 0 saturated carbocycles. The highest BCUT2D eigenvalue weighted by atomic mass is 35.5. The van der Waals surface area contributed by atoms with Crippen molar-refractivity contribution < 1.29 is 0 Å². The zero-order valence-electron chi connectivity index (χ0n) is 8.61. The van der Waals surface area contributed by atoms with Gasteiger partial charge < -0.3 is 11.1 Å². The fraction of sp³-hybridized carbons (Fsp3) is 0.182. The van der Waals surface area contributed by atoms with Crippen molar-refractivity contribution in [2.24, 2.45) is 0 Å². The average Bonchev–Trinajstić information content (AvgIpc) is 2.67. The van der Waals surface area contributed by atoms with Crippen LogP contribution in [0.5, 0.6) is 0 Å². The normalized spacial score (nSPS) is 10.3. The van der Waals surface area contributed by atoms with Crippen LogP contribution < -0.4 is 11.1 Å². The van der Waals surface area contributed by atoms with Gasteiger partial charge in [0.25, 0.3) is 0 Å². The summed E-state index contributed by atoms with van der Waals surface area (Å²) in [6.45, 7) is 0.864. The highest BCUT2D eigenvalue weighted by molar-refractivity contribution is 7.10. The highest BCUT2D eigenvalue weighted by Gasteiger charge is 1.98. The van der Waals surface area contributed by atoms with E-state index in [4.69, 9.17) is 17.3 Å². The average molecular weight is 254 g/mol. The number of aromatic nitrogens is 1. The Bertz CT molecular complexity index is 453. The second kappa shape index (κ2) is 5.18. The van der Waals surface area contributed by atoms with Gasteiger partial charge in [-0.3, -0.25) is 0 Å². The summed E-state index contributed by atoms with van der Waals surface area (Å²) in [6.07, 6.45) is 0.953. The number of halogens is 1. The molecule has 0 radical (unpaired) electrons. The summed E-state index contributed by atoms with van der Waals surface area (Å²) in [6, 6.07) is 9.71. The van der Waals surface area contributed by atoms with E-state index in [1.807, 2.05) is 30.3 Å². The second-order valence-electron chi connectivity index (χ2n) is 3.42. The quantitative estimate of drug-likeness (QED) is 0.881. The number of benzene rings is 1. The van der Waals surface area contributed by atoms with Crippen LogP contribution in [0, 0.1) is 0 Å². The number of hydrogen-bond donors (Lipinski definition) is 2. The number of nitrogens with two attached hydrogens (primary N) is 1. The molecule has 0 aliphatic carbocycles. The fourth-order valence-electron chi connectivity index (χ4n) is 1.35. The third-order valence-electron chi connectivity index (χ3n) is 2.15. The van der Waals surface area contributed by atoms with Crippen molar-refractivity contribution in [1.82, 2.24) is 4.37 Å². The van der Waals surface area contributed by atoms with Gasteiger partial charge in [0, 0.05) is 17.6 Å². The van der Waals surface area contributed by atoms with Gasteiger partial charge in [0.05, 0.1) is 0 Å². The van der Waals surface area contributed by atoms with Crippen molar-refractivity contribution in [3.8, 4) is 0 Å². The smallest absolute Gasteiger partial charge is 0.139 e.